The van der Waals surface area contributed by atoms with Crippen molar-refractivity contribution in [3.05, 3.63) is 28.0 Å². The fraction of sp³-hybridized carbons (Fsp3) is 0.444. The summed E-state index contributed by atoms with van der Waals surface area (Å²) in [6.07, 6.45) is 2.45. The van der Waals surface area contributed by atoms with Crippen molar-refractivity contribution in [3.8, 4) is 0 Å². The van der Waals surface area contributed by atoms with Crippen molar-refractivity contribution in [2.24, 2.45) is 0 Å². The average molecular weight is 220 g/mol. The second-order valence-electron chi connectivity index (χ2n) is 2.83. The van der Waals surface area contributed by atoms with Gasteiger partial charge in [-0.25, -0.2) is 0 Å². The molecule has 0 radical (unpaired) electrons. The molecule has 0 fully saturated rings. The normalized spacial score (nSPS) is 12.9. The molecule has 2 nitrogen and oxygen atoms in total. The maximum absolute atomic E-state index is 9.60. The molecule has 0 aromatic carbocycles. The first kappa shape index (κ1) is 10.8. The molecule has 0 unspecified atom stereocenters. The maximum atomic E-state index is 9.60. The second kappa shape index (κ2) is 4.80. The quantitative estimate of drug-likeness (QED) is 0.848. The van der Waals surface area contributed by atoms with Gasteiger partial charge in [-0.3, -0.25) is 4.98 Å². The Hall–Kier alpha value is -0.310. The molecule has 0 saturated heterocycles. The van der Waals surface area contributed by atoms with Crippen LogP contribution < -0.4 is 0 Å². The zero-order valence-corrected chi connectivity index (χ0v) is 8.81. The number of aliphatic hydroxyl groups is 1. The van der Waals surface area contributed by atoms with Gasteiger partial charge in [0.25, 0.3) is 0 Å². The van der Waals surface area contributed by atoms with E-state index >= 15 is 0 Å². The summed E-state index contributed by atoms with van der Waals surface area (Å²) in [7, 11) is 0. The van der Waals surface area contributed by atoms with Gasteiger partial charge in [0.1, 0.15) is 0 Å². The minimum absolute atomic E-state index is 0.424. The number of nitrogens with zero attached hydrogens (tertiary/aromatic N) is 1. The van der Waals surface area contributed by atoms with Crippen molar-refractivity contribution in [2.45, 2.75) is 25.9 Å². The van der Waals surface area contributed by atoms with Crippen LogP contribution in [0.25, 0.3) is 0 Å². The van der Waals surface area contributed by atoms with E-state index in [0.717, 1.165) is 6.42 Å². The Labute approximate surface area is 87.5 Å². The molecule has 1 N–H and O–H groups in total. The Balaban J connectivity index is 2.88. The standard InChI is InChI=1S/C9H11Cl2NO/c1-2-3-8(13)9-7(11)4-6(10)5-12-9/h4-5,8,13H,2-3H2,1H3/t8-/m0/s1. The molecule has 1 aromatic heterocycles. The van der Waals surface area contributed by atoms with Crippen LogP contribution in [-0.2, 0) is 0 Å². The van der Waals surface area contributed by atoms with Crippen LogP contribution in [0.15, 0.2) is 12.3 Å². The molecule has 0 aliphatic carbocycles. The highest BCUT2D eigenvalue weighted by atomic mass is 35.5. The van der Waals surface area contributed by atoms with Gasteiger partial charge in [-0.1, -0.05) is 36.5 Å². The molecular formula is C9H11Cl2NO. The molecule has 1 atom stereocenters. The van der Waals surface area contributed by atoms with E-state index in [9.17, 15) is 5.11 Å². The van der Waals surface area contributed by atoms with Gasteiger partial charge >= 0.3 is 0 Å². The van der Waals surface area contributed by atoms with Gasteiger partial charge in [0, 0.05) is 6.20 Å². The molecule has 4 heteroatoms. The van der Waals surface area contributed by atoms with Crippen LogP contribution in [0.2, 0.25) is 10.0 Å². The lowest BCUT2D eigenvalue weighted by molar-refractivity contribution is 0.162. The van der Waals surface area contributed by atoms with Crippen LogP contribution in [0.1, 0.15) is 31.6 Å². The molecule has 1 rings (SSSR count). The second-order valence-corrected chi connectivity index (χ2v) is 3.67. The van der Waals surface area contributed by atoms with Crippen molar-refractivity contribution in [1.82, 2.24) is 4.98 Å². The lowest BCUT2D eigenvalue weighted by atomic mass is 10.1. The zero-order valence-electron chi connectivity index (χ0n) is 7.30. The molecule has 0 aliphatic heterocycles. The van der Waals surface area contributed by atoms with Crippen molar-refractivity contribution < 1.29 is 5.11 Å². The predicted octanol–water partition coefficient (Wildman–Crippen LogP) is 3.22. The van der Waals surface area contributed by atoms with E-state index in [1.807, 2.05) is 6.92 Å². The number of hydrogen-bond donors (Lipinski definition) is 1. The molecule has 13 heavy (non-hydrogen) atoms. The molecule has 1 heterocycles. The van der Waals surface area contributed by atoms with E-state index in [-0.39, 0.29) is 0 Å². The van der Waals surface area contributed by atoms with Crippen molar-refractivity contribution in [3.63, 3.8) is 0 Å². The van der Waals surface area contributed by atoms with Crippen molar-refractivity contribution in [1.29, 1.82) is 0 Å². The minimum Gasteiger partial charge on any atom is -0.387 e. The smallest absolute Gasteiger partial charge is 0.0974 e. The van der Waals surface area contributed by atoms with E-state index in [1.54, 1.807) is 6.07 Å². The largest absolute Gasteiger partial charge is 0.387 e. The number of hydrogen-bond acceptors (Lipinski definition) is 2. The van der Waals surface area contributed by atoms with Crippen LogP contribution in [-0.4, -0.2) is 10.1 Å². The van der Waals surface area contributed by atoms with E-state index in [2.05, 4.69) is 4.98 Å². The fourth-order valence-electron chi connectivity index (χ4n) is 1.08. The number of pyridine rings is 1. The highest BCUT2D eigenvalue weighted by molar-refractivity contribution is 6.34. The van der Waals surface area contributed by atoms with Gasteiger partial charge in [0.05, 0.1) is 21.8 Å². The third kappa shape index (κ3) is 2.83. The molecule has 1 aromatic rings. The summed E-state index contributed by atoms with van der Waals surface area (Å²) in [6, 6.07) is 1.59. The van der Waals surface area contributed by atoms with Gasteiger partial charge in [0.2, 0.25) is 0 Å². The fourth-order valence-corrected chi connectivity index (χ4v) is 1.59. The topological polar surface area (TPSA) is 33.1 Å². The average Bonchev–Trinajstić information content (AvgIpc) is 2.04. The molecule has 0 aliphatic rings. The maximum Gasteiger partial charge on any atom is 0.0974 e. The number of rotatable bonds is 3. The predicted molar refractivity (Wildman–Crippen MR) is 54.1 cm³/mol. The van der Waals surface area contributed by atoms with Crippen LogP contribution >= 0.6 is 23.2 Å². The number of aromatic nitrogens is 1. The minimum atomic E-state index is -0.588. The van der Waals surface area contributed by atoms with E-state index in [4.69, 9.17) is 23.2 Å². The van der Waals surface area contributed by atoms with E-state index in [1.165, 1.54) is 6.20 Å². The first-order valence-corrected chi connectivity index (χ1v) is 4.89. The summed E-state index contributed by atoms with van der Waals surface area (Å²) in [5.74, 6) is 0. The SMILES string of the molecule is CCC[C@H](O)c1ncc(Cl)cc1Cl. The summed E-state index contributed by atoms with van der Waals surface area (Å²) in [6.45, 7) is 1.99. The van der Waals surface area contributed by atoms with E-state index < -0.39 is 6.10 Å². The molecule has 72 valence electrons. The highest BCUT2D eigenvalue weighted by Crippen LogP contribution is 2.25. The Morgan fingerprint density at radius 2 is 2.23 bits per heavy atom. The molecular weight excluding hydrogens is 209 g/mol. The Morgan fingerprint density at radius 3 is 2.77 bits per heavy atom. The summed E-state index contributed by atoms with van der Waals surface area (Å²) < 4.78 is 0. The Morgan fingerprint density at radius 1 is 1.54 bits per heavy atom. The number of aliphatic hydroxyl groups excluding tert-OH is 1. The monoisotopic (exact) mass is 219 g/mol. The molecule has 0 spiro atoms. The van der Waals surface area contributed by atoms with Gasteiger partial charge in [-0.15, -0.1) is 0 Å². The summed E-state index contributed by atoms with van der Waals surface area (Å²) >= 11 is 11.5. The third-order valence-corrected chi connectivity index (χ3v) is 2.22. The van der Waals surface area contributed by atoms with Gasteiger partial charge in [-0.05, 0) is 12.5 Å². The van der Waals surface area contributed by atoms with Crippen LogP contribution in [0.4, 0.5) is 0 Å². The zero-order chi connectivity index (χ0) is 9.84. The molecule has 0 amide bonds. The Bertz CT molecular complexity index is 291. The highest BCUT2D eigenvalue weighted by Gasteiger charge is 2.12. The summed E-state index contributed by atoms with van der Waals surface area (Å²) in [4.78, 5) is 3.98. The van der Waals surface area contributed by atoms with Crippen LogP contribution in [0.3, 0.4) is 0 Å². The van der Waals surface area contributed by atoms with Crippen molar-refractivity contribution in [2.75, 3.05) is 0 Å². The van der Waals surface area contributed by atoms with Gasteiger partial charge in [0.15, 0.2) is 0 Å². The van der Waals surface area contributed by atoms with Crippen LogP contribution in [0.5, 0.6) is 0 Å². The Kier molecular flexibility index (Phi) is 3.97. The van der Waals surface area contributed by atoms with Crippen molar-refractivity contribution >= 4 is 23.2 Å². The third-order valence-electron chi connectivity index (χ3n) is 1.71. The van der Waals surface area contributed by atoms with Crippen LogP contribution in [0, 0.1) is 0 Å². The summed E-state index contributed by atoms with van der Waals surface area (Å²) in [5, 5.41) is 10.5. The lowest BCUT2D eigenvalue weighted by Gasteiger charge is -2.09. The first-order valence-electron chi connectivity index (χ1n) is 4.14. The summed E-state index contributed by atoms with van der Waals surface area (Å²) in [5.41, 5.74) is 0.507. The van der Waals surface area contributed by atoms with Gasteiger partial charge in [-0.2, -0.15) is 0 Å². The molecule has 0 saturated carbocycles. The number of halogens is 2. The van der Waals surface area contributed by atoms with Gasteiger partial charge < -0.3 is 5.11 Å². The first-order chi connectivity index (χ1) is 6.15. The molecule has 0 bridgehead atoms. The lowest BCUT2D eigenvalue weighted by Crippen LogP contribution is -2.00. The van der Waals surface area contributed by atoms with E-state index in [0.29, 0.717) is 22.2 Å².